The van der Waals surface area contributed by atoms with Crippen molar-refractivity contribution >= 4 is 29.3 Å². The third kappa shape index (κ3) is 4.53. The van der Waals surface area contributed by atoms with Crippen LogP contribution in [0.5, 0.6) is 0 Å². The zero-order valence-electron chi connectivity index (χ0n) is 14.4. The first kappa shape index (κ1) is 19.9. The number of carbonyl (C=O) groups is 2. The lowest BCUT2D eigenvalue weighted by molar-refractivity contribution is -0.138. The molecule has 0 saturated carbocycles. The average molecular weight is 418 g/mol. The van der Waals surface area contributed by atoms with Crippen molar-refractivity contribution in [2.45, 2.75) is 6.18 Å². The van der Waals surface area contributed by atoms with E-state index in [2.05, 4.69) is 15.2 Å². The number of H-pyrrole nitrogens is 1. The summed E-state index contributed by atoms with van der Waals surface area (Å²) in [6, 6.07) is 2.25. The molecule has 1 fully saturated rings. The first-order chi connectivity index (χ1) is 13.3. The van der Waals surface area contributed by atoms with Crippen LogP contribution >= 0.6 is 11.6 Å². The second-order valence-corrected chi connectivity index (χ2v) is 6.35. The van der Waals surface area contributed by atoms with Crippen LogP contribution in [0, 0.1) is 0 Å². The molecule has 2 aromatic heterocycles. The van der Waals surface area contributed by atoms with Crippen LogP contribution in [-0.4, -0.2) is 64.7 Å². The van der Waals surface area contributed by atoms with Crippen LogP contribution in [0.25, 0.3) is 0 Å². The highest BCUT2D eigenvalue weighted by molar-refractivity contribution is 6.33. The lowest BCUT2D eigenvalue weighted by Gasteiger charge is -2.35. The van der Waals surface area contributed by atoms with Crippen molar-refractivity contribution in [3.05, 3.63) is 40.8 Å². The van der Waals surface area contributed by atoms with E-state index in [0.29, 0.717) is 26.2 Å². The molecule has 1 aliphatic heterocycles. The standard InChI is InChI=1S/C16H15ClF3N5O3/c17-11-7-10(16(18,19)20)8-21-14(11)25-5-3-24(4-6-25)13(26)9-28-15(27)12-1-2-22-23-12/h1-2,7-8H,3-6,9H2,(H,22,23). The van der Waals surface area contributed by atoms with Crippen LogP contribution in [0.15, 0.2) is 24.5 Å². The Labute approximate surface area is 162 Å². The van der Waals surface area contributed by atoms with Crippen LogP contribution in [0.2, 0.25) is 5.02 Å². The van der Waals surface area contributed by atoms with Crippen LogP contribution in [0.4, 0.5) is 19.0 Å². The molecule has 1 N–H and O–H groups in total. The van der Waals surface area contributed by atoms with Crippen molar-refractivity contribution in [1.29, 1.82) is 0 Å². The minimum absolute atomic E-state index is 0.108. The highest BCUT2D eigenvalue weighted by atomic mass is 35.5. The molecule has 0 unspecified atom stereocenters. The number of aromatic amines is 1. The number of piperazine rings is 1. The Morgan fingerprint density at radius 3 is 2.54 bits per heavy atom. The SMILES string of the molecule is O=C(OCC(=O)N1CCN(c2ncc(C(F)(F)F)cc2Cl)CC1)c1ccn[nH]1. The molecule has 1 amide bonds. The Morgan fingerprint density at radius 2 is 1.96 bits per heavy atom. The molecule has 0 atom stereocenters. The second kappa shape index (κ2) is 8.05. The molecule has 0 bridgehead atoms. The third-order valence-corrected chi connectivity index (χ3v) is 4.41. The van der Waals surface area contributed by atoms with Crippen molar-refractivity contribution in [1.82, 2.24) is 20.1 Å². The molecule has 150 valence electrons. The fourth-order valence-electron chi connectivity index (χ4n) is 2.65. The lowest BCUT2D eigenvalue weighted by atomic mass is 10.2. The van der Waals surface area contributed by atoms with Gasteiger partial charge in [-0.3, -0.25) is 9.89 Å². The number of nitrogens with zero attached hydrogens (tertiary/aromatic N) is 4. The topological polar surface area (TPSA) is 91.4 Å². The van der Waals surface area contributed by atoms with Gasteiger partial charge < -0.3 is 14.5 Å². The minimum Gasteiger partial charge on any atom is -0.451 e. The number of esters is 1. The molecule has 3 heterocycles. The molecule has 12 heteroatoms. The van der Waals surface area contributed by atoms with Crippen molar-refractivity contribution in [2.75, 3.05) is 37.7 Å². The number of pyridine rings is 1. The molecule has 0 radical (unpaired) electrons. The average Bonchev–Trinajstić information content (AvgIpc) is 3.20. The normalized spacial score (nSPS) is 14.9. The predicted molar refractivity (Wildman–Crippen MR) is 91.9 cm³/mol. The van der Waals surface area contributed by atoms with Crippen molar-refractivity contribution < 1.29 is 27.5 Å². The van der Waals surface area contributed by atoms with Gasteiger partial charge in [0.25, 0.3) is 5.91 Å². The summed E-state index contributed by atoms with van der Waals surface area (Å²) in [4.78, 5) is 30.9. The van der Waals surface area contributed by atoms with Gasteiger partial charge in [0.15, 0.2) is 6.61 Å². The van der Waals surface area contributed by atoms with Crippen LogP contribution in [0.1, 0.15) is 16.1 Å². The molecule has 1 saturated heterocycles. The summed E-state index contributed by atoms with van der Waals surface area (Å²) in [6.45, 7) is 0.826. The number of hydrogen-bond acceptors (Lipinski definition) is 6. The molecule has 8 nitrogen and oxygen atoms in total. The van der Waals surface area contributed by atoms with Gasteiger partial charge in [-0.1, -0.05) is 11.6 Å². The number of aromatic nitrogens is 3. The summed E-state index contributed by atoms with van der Waals surface area (Å²) >= 11 is 5.95. The van der Waals surface area contributed by atoms with Gasteiger partial charge in [0.2, 0.25) is 0 Å². The Hall–Kier alpha value is -2.82. The Bertz CT molecular complexity index is 852. The van der Waals surface area contributed by atoms with Crippen LogP contribution in [-0.2, 0) is 15.7 Å². The highest BCUT2D eigenvalue weighted by Crippen LogP contribution is 2.33. The maximum Gasteiger partial charge on any atom is 0.417 e. The van der Waals surface area contributed by atoms with E-state index in [-0.39, 0.29) is 22.4 Å². The van der Waals surface area contributed by atoms with Gasteiger partial charge in [-0.2, -0.15) is 18.3 Å². The molecule has 0 spiro atoms. The Morgan fingerprint density at radius 1 is 1.25 bits per heavy atom. The third-order valence-electron chi connectivity index (χ3n) is 4.13. The zero-order valence-corrected chi connectivity index (χ0v) is 15.1. The Balaban J connectivity index is 1.53. The van der Waals surface area contributed by atoms with Crippen molar-refractivity contribution in [2.24, 2.45) is 0 Å². The summed E-state index contributed by atoms with van der Waals surface area (Å²) in [5.41, 5.74) is -0.783. The monoisotopic (exact) mass is 417 g/mol. The maximum atomic E-state index is 12.7. The van der Waals surface area contributed by atoms with Gasteiger partial charge in [0.05, 0.1) is 10.6 Å². The molecule has 1 aliphatic rings. The minimum atomic E-state index is -4.52. The Kier molecular flexibility index (Phi) is 5.73. The van der Waals surface area contributed by atoms with Crippen molar-refractivity contribution in [3.63, 3.8) is 0 Å². The number of alkyl halides is 3. The number of amides is 1. The quantitative estimate of drug-likeness (QED) is 0.765. The van der Waals surface area contributed by atoms with Crippen LogP contribution < -0.4 is 4.90 Å². The summed E-state index contributed by atoms with van der Waals surface area (Å²) in [6.07, 6.45) is -2.40. The van der Waals surface area contributed by atoms with Gasteiger partial charge in [-0.15, -0.1) is 0 Å². The molecular weight excluding hydrogens is 403 g/mol. The van der Waals surface area contributed by atoms with Gasteiger partial charge in [0, 0.05) is 38.6 Å². The summed E-state index contributed by atoms with van der Waals surface area (Å²) in [5.74, 6) is -0.836. The van der Waals surface area contributed by atoms with Crippen LogP contribution in [0.3, 0.4) is 0 Å². The molecule has 2 aromatic rings. The van der Waals surface area contributed by atoms with E-state index in [1.165, 1.54) is 17.2 Å². The second-order valence-electron chi connectivity index (χ2n) is 5.94. The maximum absolute atomic E-state index is 12.7. The lowest BCUT2D eigenvalue weighted by Crippen LogP contribution is -2.50. The van der Waals surface area contributed by atoms with E-state index >= 15 is 0 Å². The van der Waals surface area contributed by atoms with E-state index in [4.69, 9.17) is 16.3 Å². The fourth-order valence-corrected chi connectivity index (χ4v) is 2.94. The molecule has 3 rings (SSSR count). The zero-order chi connectivity index (χ0) is 20.3. The first-order valence-electron chi connectivity index (χ1n) is 8.17. The van der Waals surface area contributed by atoms with E-state index in [1.54, 1.807) is 4.90 Å². The summed E-state index contributed by atoms with van der Waals surface area (Å²) in [7, 11) is 0. The molecule has 28 heavy (non-hydrogen) atoms. The number of carbonyl (C=O) groups excluding carboxylic acids is 2. The number of hydrogen-bond donors (Lipinski definition) is 1. The number of rotatable bonds is 4. The number of halogens is 4. The van der Waals surface area contributed by atoms with Crippen molar-refractivity contribution in [3.8, 4) is 0 Å². The molecule has 0 aromatic carbocycles. The highest BCUT2D eigenvalue weighted by Gasteiger charge is 2.32. The first-order valence-corrected chi connectivity index (χ1v) is 8.55. The summed E-state index contributed by atoms with van der Waals surface area (Å²) < 4.78 is 43.0. The number of nitrogens with one attached hydrogen (secondary N) is 1. The van der Waals surface area contributed by atoms with Gasteiger partial charge in [-0.25, -0.2) is 9.78 Å². The van der Waals surface area contributed by atoms with E-state index in [9.17, 15) is 22.8 Å². The summed E-state index contributed by atoms with van der Waals surface area (Å²) in [5, 5.41) is 5.95. The van der Waals surface area contributed by atoms with E-state index < -0.39 is 24.3 Å². The number of ether oxygens (including phenoxy) is 1. The van der Waals surface area contributed by atoms with Gasteiger partial charge >= 0.3 is 12.1 Å². The largest absolute Gasteiger partial charge is 0.451 e. The van der Waals surface area contributed by atoms with E-state index in [1.807, 2.05) is 0 Å². The fraction of sp³-hybridized carbons (Fsp3) is 0.375. The molecular formula is C16H15ClF3N5O3. The van der Waals surface area contributed by atoms with Gasteiger partial charge in [0.1, 0.15) is 11.5 Å². The van der Waals surface area contributed by atoms with E-state index in [0.717, 1.165) is 12.3 Å². The molecule has 0 aliphatic carbocycles. The van der Waals surface area contributed by atoms with Gasteiger partial charge in [-0.05, 0) is 12.1 Å². The smallest absolute Gasteiger partial charge is 0.417 e. The predicted octanol–water partition coefficient (Wildman–Crippen LogP) is 1.98. The number of anilines is 1.